The highest BCUT2D eigenvalue weighted by Crippen LogP contribution is 2.30. The van der Waals surface area contributed by atoms with E-state index in [1.165, 1.54) is 5.57 Å². The number of carbonyl (C=O) groups is 2. The largest absolute Gasteiger partial charge is 0.463 e. The Morgan fingerprint density at radius 3 is 2.44 bits per heavy atom. The quantitative estimate of drug-likeness (QED) is 0.572. The Balaban J connectivity index is 1.84. The average molecular weight is 347 g/mol. The lowest BCUT2D eigenvalue weighted by Gasteiger charge is -2.34. The predicted molar refractivity (Wildman–Crippen MR) is 97.1 cm³/mol. The number of hydrogen-bond donors (Lipinski definition) is 0. The monoisotopic (exact) mass is 347 g/mol. The molecule has 0 aromatic heterocycles. The summed E-state index contributed by atoms with van der Waals surface area (Å²) in [6, 6.07) is 0. The Kier molecular flexibility index (Phi) is 6.45. The number of ether oxygens (including phenoxy) is 2. The van der Waals surface area contributed by atoms with E-state index < -0.39 is 5.60 Å². The van der Waals surface area contributed by atoms with E-state index in [-0.39, 0.29) is 12.1 Å². The van der Waals surface area contributed by atoms with Crippen molar-refractivity contribution >= 4 is 12.1 Å². The van der Waals surface area contributed by atoms with E-state index in [9.17, 15) is 9.59 Å². The van der Waals surface area contributed by atoms with Gasteiger partial charge < -0.3 is 14.4 Å². The van der Waals surface area contributed by atoms with Crippen LogP contribution in [0.3, 0.4) is 0 Å². The molecule has 0 bridgehead atoms. The number of allylic oxidation sites excluding steroid dienone is 5. The van der Waals surface area contributed by atoms with Crippen LogP contribution in [0.5, 0.6) is 0 Å². The SMILES string of the molecule is CCOC(=O)C=C1C=CC(C2CCN(C(=O)OC(C)(C)C)CC2)=CC1. The van der Waals surface area contributed by atoms with Crippen molar-refractivity contribution in [3.63, 3.8) is 0 Å². The van der Waals surface area contributed by atoms with Crippen LogP contribution in [0, 0.1) is 5.92 Å². The van der Waals surface area contributed by atoms with Crippen molar-refractivity contribution in [2.24, 2.45) is 5.92 Å². The smallest absolute Gasteiger partial charge is 0.410 e. The van der Waals surface area contributed by atoms with Gasteiger partial charge in [0, 0.05) is 19.2 Å². The summed E-state index contributed by atoms with van der Waals surface area (Å²) in [6.45, 7) is 9.29. The Morgan fingerprint density at radius 2 is 1.92 bits per heavy atom. The molecule has 1 amide bonds. The highest BCUT2D eigenvalue weighted by molar-refractivity contribution is 5.83. The maximum Gasteiger partial charge on any atom is 0.410 e. The van der Waals surface area contributed by atoms with E-state index in [2.05, 4.69) is 12.2 Å². The Labute approximate surface area is 150 Å². The first kappa shape index (κ1) is 19.3. The first-order chi connectivity index (χ1) is 11.8. The normalized spacial score (nSPS) is 20.4. The summed E-state index contributed by atoms with van der Waals surface area (Å²) in [5, 5.41) is 0. The summed E-state index contributed by atoms with van der Waals surface area (Å²) in [4.78, 5) is 25.4. The summed E-state index contributed by atoms with van der Waals surface area (Å²) in [5.41, 5.74) is 1.81. The maximum absolute atomic E-state index is 12.1. The molecule has 1 saturated heterocycles. The molecule has 0 saturated carbocycles. The summed E-state index contributed by atoms with van der Waals surface area (Å²) in [5.74, 6) is 0.170. The predicted octanol–water partition coefficient (Wildman–Crippen LogP) is 4.01. The molecule has 1 aliphatic carbocycles. The van der Waals surface area contributed by atoms with Gasteiger partial charge in [0.2, 0.25) is 0 Å². The van der Waals surface area contributed by atoms with Gasteiger partial charge in [-0.2, -0.15) is 0 Å². The van der Waals surface area contributed by atoms with Crippen LogP contribution in [-0.4, -0.2) is 42.3 Å². The summed E-state index contributed by atoms with van der Waals surface area (Å²) in [7, 11) is 0. The zero-order valence-corrected chi connectivity index (χ0v) is 15.7. The van der Waals surface area contributed by atoms with Crippen molar-refractivity contribution in [3.8, 4) is 0 Å². The van der Waals surface area contributed by atoms with Gasteiger partial charge in [-0.3, -0.25) is 0 Å². The molecule has 0 spiro atoms. The van der Waals surface area contributed by atoms with Crippen molar-refractivity contribution < 1.29 is 19.1 Å². The number of piperidine rings is 1. The highest BCUT2D eigenvalue weighted by Gasteiger charge is 2.28. The summed E-state index contributed by atoms with van der Waals surface area (Å²) < 4.78 is 10.4. The van der Waals surface area contributed by atoms with E-state index in [0.29, 0.717) is 12.5 Å². The first-order valence-electron chi connectivity index (χ1n) is 9.02. The van der Waals surface area contributed by atoms with Crippen LogP contribution in [-0.2, 0) is 14.3 Å². The van der Waals surface area contributed by atoms with Crippen LogP contribution in [0.15, 0.2) is 35.5 Å². The lowest BCUT2D eigenvalue weighted by molar-refractivity contribution is -0.137. The molecule has 5 heteroatoms. The Hall–Kier alpha value is -2.04. The van der Waals surface area contributed by atoms with E-state index >= 15 is 0 Å². The molecule has 0 unspecified atom stereocenters. The molecule has 5 nitrogen and oxygen atoms in total. The van der Waals surface area contributed by atoms with Crippen molar-refractivity contribution in [2.45, 2.75) is 52.6 Å². The summed E-state index contributed by atoms with van der Waals surface area (Å²) >= 11 is 0. The fourth-order valence-corrected chi connectivity index (χ4v) is 3.04. The maximum atomic E-state index is 12.1. The summed E-state index contributed by atoms with van der Waals surface area (Å²) in [6.07, 6.45) is 10.2. The third-order valence-corrected chi connectivity index (χ3v) is 4.27. The highest BCUT2D eigenvalue weighted by atomic mass is 16.6. The van der Waals surface area contributed by atoms with Crippen LogP contribution in [0.2, 0.25) is 0 Å². The lowest BCUT2D eigenvalue weighted by atomic mass is 9.85. The zero-order chi connectivity index (χ0) is 18.4. The van der Waals surface area contributed by atoms with Gasteiger partial charge in [-0.25, -0.2) is 9.59 Å². The molecule has 1 aliphatic heterocycles. The fraction of sp³-hybridized carbons (Fsp3) is 0.600. The van der Waals surface area contributed by atoms with Gasteiger partial charge in [0.15, 0.2) is 0 Å². The molecule has 25 heavy (non-hydrogen) atoms. The minimum absolute atomic E-state index is 0.223. The minimum Gasteiger partial charge on any atom is -0.463 e. The molecule has 0 aromatic rings. The lowest BCUT2D eigenvalue weighted by Crippen LogP contribution is -2.42. The van der Waals surface area contributed by atoms with Crippen molar-refractivity contribution in [3.05, 3.63) is 35.5 Å². The van der Waals surface area contributed by atoms with Gasteiger partial charge in [0.25, 0.3) is 0 Å². The number of carbonyl (C=O) groups excluding carboxylic acids is 2. The van der Waals surface area contributed by atoms with Crippen molar-refractivity contribution in [1.29, 1.82) is 0 Å². The molecule has 0 aromatic carbocycles. The molecule has 0 radical (unpaired) electrons. The van der Waals surface area contributed by atoms with Crippen molar-refractivity contribution in [1.82, 2.24) is 4.90 Å². The fourth-order valence-electron chi connectivity index (χ4n) is 3.04. The molecule has 0 N–H and O–H groups in total. The van der Waals surface area contributed by atoms with Gasteiger partial charge in [0.1, 0.15) is 5.60 Å². The molecular formula is C20H29NO4. The number of nitrogens with zero attached hydrogens (tertiary/aromatic N) is 1. The van der Waals surface area contributed by atoms with Crippen molar-refractivity contribution in [2.75, 3.05) is 19.7 Å². The van der Waals surface area contributed by atoms with Gasteiger partial charge in [-0.1, -0.05) is 18.2 Å². The van der Waals surface area contributed by atoms with E-state index in [1.807, 2.05) is 26.8 Å². The second kappa shape index (κ2) is 8.37. The van der Waals surface area contributed by atoms with Crippen LogP contribution in [0.1, 0.15) is 47.0 Å². The number of hydrogen-bond acceptors (Lipinski definition) is 4. The third kappa shape index (κ3) is 6.07. The Bertz CT molecular complexity index is 587. The van der Waals surface area contributed by atoms with E-state index in [4.69, 9.17) is 9.47 Å². The first-order valence-corrected chi connectivity index (χ1v) is 9.02. The Morgan fingerprint density at radius 1 is 1.24 bits per heavy atom. The minimum atomic E-state index is -0.454. The number of likely N-dealkylation sites (tertiary alicyclic amines) is 1. The van der Waals surface area contributed by atoms with Gasteiger partial charge in [-0.05, 0) is 64.0 Å². The van der Waals surface area contributed by atoms with Crippen LogP contribution < -0.4 is 0 Å². The van der Waals surface area contributed by atoms with Gasteiger partial charge >= 0.3 is 12.1 Å². The van der Waals surface area contributed by atoms with E-state index in [0.717, 1.165) is 37.9 Å². The van der Waals surface area contributed by atoms with Crippen LogP contribution >= 0.6 is 0 Å². The molecule has 1 heterocycles. The van der Waals surface area contributed by atoms with Gasteiger partial charge in [0.05, 0.1) is 6.61 Å². The number of amides is 1. The second-order valence-electron chi connectivity index (χ2n) is 7.45. The van der Waals surface area contributed by atoms with Crippen LogP contribution in [0.25, 0.3) is 0 Å². The molecule has 1 fully saturated rings. The molecular weight excluding hydrogens is 318 g/mol. The number of esters is 1. The average Bonchev–Trinajstić information content (AvgIpc) is 2.54. The standard InChI is InChI=1S/C20H29NO4/c1-5-24-18(22)14-15-6-8-16(9-7-15)17-10-12-21(13-11-17)19(23)25-20(2,3)4/h6,8-9,14,17H,5,7,10-13H2,1-4H3. The topological polar surface area (TPSA) is 55.8 Å². The third-order valence-electron chi connectivity index (χ3n) is 4.27. The molecule has 2 aliphatic rings. The molecule has 138 valence electrons. The van der Waals surface area contributed by atoms with E-state index in [1.54, 1.807) is 17.9 Å². The zero-order valence-electron chi connectivity index (χ0n) is 15.7. The van der Waals surface area contributed by atoms with Crippen LogP contribution in [0.4, 0.5) is 4.79 Å². The molecule has 0 atom stereocenters. The number of rotatable bonds is 3. The van der Waals surface area contributed by atoms with Gasteiger partial charge in [-0.15, -0.1) is 0 Å². The second-order valence-corrected chi connectivity index (χ2v) is 7.45. The molecule has 2 rings (SSSR count).